The summed E-state index contributed by atoms with van der Waals surface area (Å²) >= 11 is 0. The third kappa shape index (κ3) is 4.23. The van der Waals surface area contributed by atoms with Crippen LogP contribution in [-0.4, -0.2) is 47.8 Å². The fourth-order valence-electron chi connectivity index (χ4n) is 3.94. The van der Waals surface area contributed by atoms with E-state index in [2.05, 4.69) is 0 Å². The Kier molecular flexibility index (Phi) is 5.37. The van der Waals surface area contributed by atoms with E-state index in [1.54, 1.807) is 0 Å². The highest BCUT2D eigenvalue weighted by Gasteiger charge is 2.34. The summed E-state index contributed by atoms with van der Waals surface area (Å²) in [6.45, 7) is 3.14. The molecule has 1 saturated heterocycles. The van der Waals surface area contributed by atoms with Crippen LogP contribution in [-0.2, 0) is 9.59 Å². The lowest BCUT2D eigenvalue weighted by molar-refractivity contribution is -0.134. The molecular formula is C18H30N2O2. The quantitative estimate of drug-likeness (QED) is 0.801. The molecule has 4 heteroatoms. The molecule has 22 heavy (non-hydrogen) atoms. The van der Waals surface area contributed by atoms with Crippen LogP contribution >= 0.6 is 0 Å². The van der Waals surface area contributed by atoms with Gasteiger partial charge in [-0.05, 0) is 31.6 Å². The smallest absolute Gasteiger partial charge is 0.225 e. The topological polar surface area (TPSA) is 40.6 Å². The normalized spacial score (nSPS) is 24.2. The third-order valence-corrected chi connectivity index (χ3v) is 5.58. The number of rotatable bonds is 4. The van der Waals surface area contributed by atoms with Gasteiger partial charge in [-0.1, -0.05) is 32.1 Å². The average molecular weight is 306 g/mol. The molecule has 4 nitrogen and oxygen atoms in total. The van der Waals surface area contributed by atoms with Crippen LogP contribution in [0.25, 0.3) is 0 Å². The van der Waals surface area contributed by atoms with E-state index in [9.17, 15) is 9.59 Å². The van der Waals surface area contributed by atoms with Crippen molar-refractivity contribution in [2.24, 2.45) is 11.8 Å². The van der Waals surface area contributed by atoms with Gasteiger partial charge in [0, 0.05) is 38.5 Å². The number of carbonyl (C=O) groups is 2. The summed E-state index contributed by atoms with van der Waals surface area (Å²) in [5.41, 5.74) is 0. The number of hydrogen-bond acceptors (Lipinski definition) is 2. The molecule has 0 aromatic rings. The minimum absolute atomic E-state index is 0.300. The minimum Gasteiger partial charge on any atom is -0.341 e. The molecule has 0 bridgehead atoms. The van der Waals surface area contributed by atoms with Gasteiger partial charge in [0.25, 0.3) is 0 Å². The monoisotopic (exact) mass is 306 g/mol. The van der Waals surface area contributed by atoms with E-state index in [4.69, 9.17) is 0 Å². The van der Waals surface area contributed by atoms with Gasteiger partial charge >= 0.3 is 0 Å². The first-order chi connectivity index (χ1) is 10.7. The summed E-state index contributed by atoms with van der Waals surface area (Å²) in [7, 11) is 0. The zero-order chi connectivity index (χ0) is 15.4. The van der Waals surface area contributed by atoms with E-state index in [1.165, 1.54) is 32.1 Å². The molecule has 3 fully saturated rings. The average Bonchev–Trinajstić information content (AvgIpc) is 3.39. The highest BCUT2D eigenvalue weighted by Crippen LogP contribution is 2.31. The Bertz CT molecular complexity index is 400. The molecule has 0 spiro atoms. The molecule has 0 radical (unpaired) electrons. The summed E-state index contributed by atoms with van der Waals surface area (Å²) in [6.07, 6.45) is 11.6. The zero-order valence-corrected chi connectivity index (χ0v) is 13.8. The minimum atomic E-state index is 0.300. The van der Waals surface area contributed by atoms with Crippen LogP contribution in [0.1, 0.15) is 64.2 Å². The Morgan fingerprint density at radius 1 is 0.773 bits per heavy atom. The van der Waals surface area contributed by atoms with Crippen molar-refractivity contribution in [3.8, 4) is 0 Å². The molecule has 0 atom stereocenters. The van der Waals surface area contributed by atoms with Crippen molar-refractivity contribution in [1.82, 2.24) is 9.80 Å². The number of carbonyl (C=O) groups excluding carboxylic acids is 2. The Morgan fingerprint density at radius 3 is 2.18 bits per heavy atom. The number of hydrogen-bond donors (Lipinski definition) is 0. The molecule has 2 saturated carbocycles. The fourth-order valence-corrected chi connectivity index (χ4v) is 3.94. The lowest BCUT2D eigenvalue weighted by atomic mass is 9.86. The molecule has 2 amide bonds. The highest BCUT2D eigenvalue weighted by atomic mass is 16.2. The molecule has 0 aromatic heterocycles. The fraction of sp³-hybridized carbons (Fsp3) is 0.889. The van der Waals surface area contributed by atoms with Crippen molar-refractivity contribution in [1.29, 1.82) is 0 Å². The van der Waals surface area contributed by atoms with Crippen LogP contribution in [0.4, 0.5) is 0 Å². The second kappa shape index (κ2) is 7.47. The predicted molar refractivity (Wildman–Crippen MR) is 86.3 cm³/mol. The molecule has 0 N–H and O–H groups in total. The molecule has 1 aliphatic heterocycles. The molecule has 0 aromatic carbocycles. The van der Waals surface area contributed by atoms with Crippen LogP contribution in [0.15, 0.2) is 0 Å². The van der Waals surface area contributed by atoms with Gasteiger partial charge in [-0.25, -0.2) is 0 Å². The van der Waals surface area contributed by atoms with E-state index >= 15 is 0 Å². The van der Waals surface area contributed by atoms with Crippen molar-refractivity contribution >= 4 is 11.8 Å². The lowest BCUT2D eigenvalue weighted by Gasteiger charge is -2.24. The summed E-state index contributed by atoms with van der Waals surface area (Å²) in [4.78, 5) is 28.6. The molecule has 0 unspecified atom stereocenters. The molecule has 124 valence electrons. The van der Waals surface area contributed by atoms with Crippen LogP contribution in [0, 0.1) is 11.8 Å². The number of amides is 2. The van der Waals surface area contributed by atoms with E-state index in [1.807, 2.05) is 9.80 Å². The Hall–Kier alpha value is -1.06. The van der Waals surface area contributed by atoms with Gasteiger partial charge in [-0.3, -0.25) is 9.59 Å². The van der Waals surface area contributed by atoms with Crippen molar-refractivity contribution in [2.45, 2.75) is 64.2 Å². The maximum absolute atomic E-state index is 12.4. The van der Waals surface area contributed by atoms with Crippen LogP contribution in [0.3, 0.4) is 0 Å². The van der Waals surface area contributed by atoms with Gasteiger partial charge in [0.2, 0.25) is 11.8 Å². The van der Waals surface area contributed by atoms with Crippen LogP contribution in [0.2, 0.25) is 0 Å². The second-order valence-corrected chi connectivity index (χ2v) is 7.38. The van der Waals surface area contributed by atoms with Crippen molar-refractivity contribution < 1.29 is 9.59 Å². The molecule has 1 heterocycles. The molecule has 3 rings (SSSR count). The first-order valence-corrected chi connectivity index (χ1v) is 9.30. The highest BCUT2D eigenvalue weighted by molar-refractivity contribution is 5.81. The van der Waals surface area contributed by atoms with Gasteiger partial charge in [-0.2, -0.15) is 0 Å². The molecule has 3 aliphatic rings. The van der Waals surface area contributed by atoms with E-state index in [0.717, 1.165) is 57.8 Å². The largest absolute Gasteiger partial charge is 0.341 e. The summed E-state index contributed by atoms with van der Waals surface area (Å²) in [5, 5.41) is 0. The third-order valence-electron chi connectivity index (χ3n) is 5.58. The van der Waals surface area contributed by atoms with E-state index in [-0.39, 0.29) is 0 Å². The predicted octanol–water partition coefficient (Wildman–Crippen LogP) is 2.82. The Morgan fingerprint density at radius 2 is 1.45 bits per heavy atom. The standard InChI is InChI=1S/C18H30N2O2/c21-17(10-7-15-5-2-1-3-6-15)19-11-4-12-20(14-13-19)18(22)16-8-9-16/h15-16H,1-14H2. The van der Waals surface area contributed by atoms with E-state index in [0.29, 0.717) is 24.2 Å². The van der Waals surface area contributed by atoms with Crippen LogP contribution < -0.4 is 0 Å². The lowest BCUT2D eigenvalue weighted by Crippen LogP contribution is -2.38. The number of nitrogens with zero attached hydrogens (tertiary/aromatic N) is 2. The van der Waals surface area contributed by atoms with Crippen LogP contribution in [0.5, 0.6) is 0 Å². The molecule has 2 aliphatic carbocycles. The Labute approximate surface area is 134 Å². The maximum Gasteiger partial charge on any atom is 0.225 e. The first-order valence-electron chi connectivity index (χ1n) is 9.30. The first kappa shape index (κ1) is 15.8. The van der Waals surface area contributed by atoms with Crippen molar-refractivity contribution in [2.75, 3.05) is 26.2 Å². The summed E-state index contributed by atoms with van der Waals surface area (Å²) in [5.74, 6) is 1.72. The summed E-state index contributed by atoms with van der Waals surface area (Å²) < 4.78 is 0. The summed E-state index contributed by atoms with van der Waals surface area (Å²) in [6, 6.07) is 0. The second-order valence-electron chi connectivity index (χ2n) is 7.38. The van der Waals surface area contributed by atoms with Gasteiger partial charge in [0.1, 0.15) is 0 Å². The van der Waals surface area contributed by atoms with Crippen molar-refractivity contribution in [3.05, 3.63) is 0 Å². The van der Waals surface area contributed by atoms with Crippen molar-refractivity contribution in [3.63, 3.8) is 0 Å². The zero-order valence-electron chi connectivity index (χ0n) is 13.8. The van der Waals surface area contributed by atoms with Gasteiger partial charge in [-0.15, -0.1) is 0 Å². The van der Waals surface area contributed by atoms with Gasteiger partial charge in [0.05, 0.1) is 0 Å². The SMILES string of the molecule is O=C(CCC1CCCCC1)N1CCCN(C(=O)C2CC2)CC1. The molecular weight excluding hydrogens is 276 g/mol. The van der Waals surface area contributed by atoms with Gasteiger partial charge in [0.15, 0.2) is 0 Å². The van der Waals surface area contributed by atoms with E-state index < -0.39 is 0 Å². The Balaban J connectivity index is 1.41. The van der Waals surface area contributed by atoms with Gasteiger partial charge < -0.3 is 9.80 Å². The maximum atomic E-state index is 12.4.